The molecule has 2 atom stereocenters. The maximum Gasteiger partial charge on any atom is 0.134 e. The third kappa shape index (κ3) is 4.04. The van der Waals surface area contributed by atoms with Crippen molar-refractivity contribution >= 4 is 11.6 Å². The van der Waals surface area contributed by atoms with Crippen LogP contribution in [0.1, 0.15) is 19.8 Å². The lowest BCUT2D eigenvalue weighted by molar-refractivity contribution is 0.105. The summed E-state index contributed by atoms with van der Waals surface area (Å²) in [7, 11) is 0. The molecule has 1 fully saturated rings. The Bertz CT molecular complexity index is 402. The largest absolute Gasteiger partial charge is 0.394 e. The third-order valence-corrected chi connectivity index (χ3v) is 3.36. The molecule has 19 heavy (non-hydrogen) atoms. The van der Waals surface area contributed by atoms with Crippen LogP contribution in [0.3, 0.4) is 0 Å². The van der Waals surface area contributed by atoms with E-state index in [1.54, 1.807) is 0 Å². The van der Waals surface area contributed by atoms with Gasteiger partial charge in [0.1, 0.15) is 18.0 Å². The lowest BCUT2D eigenvalue weighted by atomic mass is 10.0. The second-order valence-electron chi connectivity index (χ2n) is 5.17. The van der Waals surface area contributed by atoms with E-state index in [4.69, 9.17) is 5.11 Å². The van der Waals surface area contributed by atoms with Crippen LogP contribution in [0.2, 0.25) is 0 Å². The number of nitrogens with zero attached hydrogens (tertiary/aromatic N) is 3. The van der Waals surface area contributed by atoms with E-state index in [9.17, 15) is 5.11 Å². The highest BCUT2D eigenvalue weighted by atomic mass is 16.3. The fourth-order valence-corrected chi connectivity index (χ4v) is 2.30. The maximum atomic E-state index is 9.31. The fourth-order valence-electron chi connectivity index (χ4n) is 2.30. The van der Waals surface area contributed by atoms with E-state index >= 15 is 0 Å². The van der Waals surface area contributed by atoms with Crippen LogP contribution in [0.5, 0.6) is 0 Å². The predicted octanol–water partition coefficient (Wildman–Crippen LogP) is 0.478. The monoisotopic (exact) mass is 266 g/mol. The molecule has 0 aliphatic carbocycles. The minimum atomic E-state index is -0.770. The Kier molecular flexibility index (Phi) is 4.93. The summed E-state index contributed by atoms with van der Waals surface area (Å²) in [6, 6.07) is 1.89. The van der Waals surface area contributed by atoms with E-state index in [1.165, 1.54) is 19.2 Å². The van der Waals surface area contributed by atoms with Gasteiger partial charge in [-0.25, -0.2) is 9.97 Å². The number of anilines is 2. The lowest BCUT2D eigenvalue weighted by Crippen LogP contribution is -2.34. The van der Waals surface area contributed by atoms with Gasteiger partial charge in [0.2, 0.25) is 0 Å². The van der Waals surface area contributed by atoms with Crippen LogP contribution in [-0.4, -0.2) is 52.5 Å². The number of piperidine rings is 1. The second kappa shape index (κ2) is 6.68. The van der Waals surface area contributed by atoms with Crippen molar-refractivity contribution in [1.82, 2.24) is 9.97 Å². The highest BCUT2D eigenvalue weighted by Crippen LogP contribution is 2.22. The number of rotatable bonds is 5. The minimum Gasteiger partial charge on any atom is -0.394 e. The van der Waals surface area contributed by atoms with Gasteiger partial charge in [-0.2, -0.15) is 0 Å². The van der Waals surface area contributed by atoms with Crippen molar-refractivity contribution in [3.05, 3.63) is 12.4 Å². The molecule has 6 nitrogen and oxygen atoms in total. The molecule has 2 heterocycles. The molecule has 0 radical (unpaired) electrons. The van der Waals surface area contributed by atoms with Crippen LogP contribution in [0.15, 0.2) is 12.4 Å². The van der Waals surface area contributed by atoms with Crippen molar-refractivity contribution in [1.29, 1.82) is 0 Å². The Morgan fingerprint density at radius 3 is 3.11 bits per heavy atom. The number of hydrogen-bond acceptors (Lipinski definition) is 6. The zero-order valence-corrected chi connectivity index (χ0v) is 11.3. The molecule has 0 spiro atoms. The van der Waals surface area contributed by atoms with Gasteiger partial charge in [0, 0.05) is 25.7 Å². The summed E-state index contributed by atoms with van der Waals surface area (Å²) in [6.07, 6.45) is 3.22. The van der Waals surface area contributed by atoms with Crippen molar-refractivity contribution in [2.45, 2.75) is 25.9 Å². The Morgan fingerprint density at radius 2 is 2.37 bits per heavy atom. The van der Waals surface area contributed by atoms with Gasteiger partial charge in [-0.1, -0.05) is 6.92 Å². The first-order valence-corrected chi connectivity index (χ1v) is 6.79. The summed E-state index contributed by atoms with van der Waals surface area (Å²) in [4.78, 5) is 10.7. The van der Waals surface area contributed by atoms with Gasteiger partial charge in [-0.3, -0.25) is 0 Å². The summed E-state index contributed by atoms with van der Waals surface area (Å²) < 4.78 is 0. The molecule has 0 saturated carbocycles. The first-order chi connectivity index (χ1) is 9.19. The van der Waals surface area contributed by atoms with Gasteiger partial charge in [-0.15, -0.1) is 0 Å². The van der Waals surface area contributed by atoms with E-state index in [0.717, 1.165) is 18.9 Å². The molecule has 0 bridgehead atoms. The quantitative estimate of drug-likeness (QED) is 0.719. The van der Waals surface area contributed by atoms with Gasteiger partial charge < -0.3 is 20.4 Å². The average Bonchev–Trinajstić information content (AvgIpc) is 2.45. The molecule has 0 amide bonds. The summed E-state index contributed by atoms with van der Waals surface area (Å²) in [5.41, 5.74) is 0. The van der Waals surface area contributed by atoms with Gasteiger partial charge in [0.15, 0.2) is 0 Å². The summed E-state index contributed by atoms with van der Waals surface area (Å²) in [5.74, 6) is 2.29. The highest BCUT2D eigenvalue weighted by Gasteiger charge is 2.17. The highest BCUT2D eigenvalue weighted by molar-refractivity contribution is 5.48. The van der Waals surface area contributed by atoms with E-state index in [1.807, 2.05) is 6.07 Å². The van der Waals surface area contributed by atoms with Crippen molar-refractivity contribution in [3.63, 3.8) is 0 Å². The van der Waals surface area contributed by atoms with Gasteiger partial charge in [-0.05, 0) is 18.8 Å². The van der Waals surface area contributed by atoms with E-state index < -0.39 is 6.10 Å². The molecule has 0 aromatic carbocycles. The Hall–Kier alpha value is -1.40. The van der Waals surface area contributed by atoms with Crippen LogP contribution in [0.4, 0.5) is 11.6 Å². The second-order valence-corrected chi connectivity index (χ2v) is 5.17. The number of aromatic nitrogens is 2. The molecule has 1 aliphatic rings. The average molecular weight is 266 g/mol. The summed E-state index contributed by atoms with van der Waals surface area (Å²) >= 11 is 0. The number of aliphatic hydroxyl groups excluding tert-OH is 2. The van der Waals surface area contributed by atoms with Gasteiger partial charge in [0.25, 0.3) is 0 Å². The minimum absolute atomic E-state index is 0.255. The van der Waals surface area contributed by atoms with Crippen molar-refractivity contribution in [2.75, 3.05) is 36.5 Å². The maximum absolute atomic E-state index is 9.31. The van der Waals surface area contributed by atoms with Crippen LogP contribution in [-0.2, 0) is 0 Å². The SMILES string of the molecule is C[C@H]1CCCN(c2cc(NC[C@@H](O)CO)ncn2)C1. The Labute approximate surface area is 113 Å². The van der Waals surface area contributed by atoms with E-state index in [-0.39, 0.29) is 13.2 Å². The Morgan fingerprint density at radius 1 is 1.53 bits per heavy atom. The number of nitrogens with one attached hydrogen (secondary N) is 1. The smallest absolute Gasteiger partial charge is 0.134 e. The molecule has 3 N–H and O–H groups in total. The van der Waals surface area contributed by atoms with E-state index in [0.29, 0.717) is 11.7 Å². The molecule has 1 aliphatic heterocycles. The molecule has 0 unspecified atom stereocenters. The van der Waals surface area contributed by atoms with Crippen molar-refractivity contribution in [3.8, 4) is 0 Å². The molecule has 6 heteroatoms. The normalized spacial score (nSPS) is 21.2. The molecular weight excluding hydrogens is 244 g/mol. The fraction of sp³-hybridized carbons (Fsp3) is 0.692. The van der Waals surface area contributed by atoms with Crippen LogP contribution < -0.4 is 10.2 Å². The molecule has 1 aromatic heterocycles. The van der Waals surface area contributed by atoms with Gasteiger partial charge >= 0.3 is 0 Å². The zero-order valence-electron chi connectivity index (χ0n) is 11.3. The van der Waals surface area contributed by atoms with Crippen molar-refractivity contribution < 1.29 is 10.2 Å². The molecular formula is C13H22N4O2. The summed E-state index contributed by atoms with van der Waals surface area (Å²) in [6.45, 7) is 4.33. The van der Waals surface area contributed by atoms with Crippen LogP contribution in [0, 0.1) is 5.92 Å². The third-order valence-electron chi connectivity index (χ3n) is 3.36. The van der Waals surface area contributed by atoms with Crippen LogP contribution >= 0.6 is 0 Å². The standard InChI is InChI=1S/C13H22N4O2/c1-10-3-2-4-17(7-10)13-5-12(15-9-16-13)14-6-11(19)8-18/h5,9-11,18-19H,2-4,6-8H2,1H3,(H,14,15,16)/t10-,11+/m0/s1. The molecule has 106 valence electrons. The van der Waals surface area contributed by atoms with Gasteiger partial charge in [0.05, 0.1) is 12.7 Å². The lowest BCUT2D eigenvalue weighted by Gasteiger charge is -2.31. The van der Waals surface area contributed by atoms with Crippen molar-refractivity contribution in [2.24, 2.45) is 5.92 Å². The molecule has 1 aromatic rings. The first-order valence-electron chi connectivity index (χ1n) is 6.79. The number of aliphatic hydroxyl groups is 2. The van der Waals surface area contributed by atoms with E-state index in [2.05, 4.69) is 27.1 Å². The molecule has 2 rings (SSSR count). The number of hydrogen-bond donors (Lipinski definition) is 3. The summed E-state index contributed by atoms with van der Waals surface area (Å²) in [5, 5.41) is 21.1. The van der Waals surface area contributed by atoms with Crippen LogP contribution in [0.25, 0.3) is 0 Å². The Balaban J connectivity index is 1.98. The topological polar surface area (TPSA) is 81.5 Å². The first kappa shape index (κ1) is 14.0. The predicted molar refractivity (Wildman–Crippen MR) is 74.2 cm³/mol. The molecule has 1 saturated heterocycles. The zero-order chi connectivity index (χ0) is 13.7.